The average Bonchev–Trinajstić information content (AvgIpc) is 2.59. The molecule has 2 aromatic carbocycles. The van der Waals surface area contributed by atoms with Crippen LogP contribution in [0.2, 0.25) is 0 Å². The number of hydrogen-bond donors (Lipinski definition) is 0. The molecule has 4 heteroatoms. The maximum Gasteiger partial charge on any atom is 0.307 e. The molecule has 2 aromatic rings. The van der Waals surface area contributed by atoms with Gasteiger partial charge in [0.05, 0.1) is 13.0 Å². The van der Waals surface area contributed by atoms with Gasteiger partial charge in [-0.3, -0.25) is 9.79 Å². The molecule has 0 radical (unpaired) electrons. The standard InChI is InChI=1S/C19H21NO3/c1-2-22-19(21)12-13-20-14-16-8-10-18(11-9-16)23-15-17-6-4-3-5-7-17/h3-11,14H,2,12-13,15H2,1H3/b20-14+. The SMILES string of the molecule is CCOC(=O)CC/N=C/c1ccc(OCc2ccccc2)cc1. The summed E-state index contributed by atoms with van der Waals surface area (Å²) in [5.74, 6) is 0.604. The van der Waals surface area contributed by atoms with E-state index in [2.05, 4.69) is 4.99 Å². The van der Waals surface area contributed by atoms with E-state index in [4.69, 9.17) is 9.47 Å². The van der Waals surface area contributed by atoms with Crippen molar-refractivity contribution in [2.75, 3.05) is 13.2 Å². The van der Waals surface area contributed by atoms with Crippen LogP contribution in [0.15, 0.2) is 59.6 Å². The van der Waals surface area contributed by atoms with Crippen LogP contribution < -0.4 is 4.74 Å². The Morgan fingerprint density at radius 3 is 2.52 bits per heavy atom. The molecule has 0 aliphatic rings. The van der Waals surface area contributed by atoms with E-state index in [0.29, 0.717) is 26.2 Å². The third-order valence-corrected chi connectivity index (χ3v) is 3.12. The predicted octanol–water partition coefficient (Wildman–Crippen LogP) is 3.64. The Morgan fingerprint density at radius 2 is 1.83 bits per heavy atom. The zero-order valence-electron chi connectivity index (χ0n) is 13.3. The van der Waals surface area contributed by atoms with E-state index in [9.17, 15) is 4.79 Å². The van der Waals surface area contributed by atoms with Crippen molar-refractivity contribution in [3.05, 3.63) is 65.7 Å². The Labute approximate surface area is 136 Å². The average molecular weight is 311 g/mol. The van der Waals surface area contributed by atoms with E-state index in [1.165, 1.54) is 0 Å². The first-order valence-corrected chi connectivity index (χ1v) is 7.70. The zero-order valence-corrected chi connectivity index (χ0v) is 13.3. The minimum atomic E-state index is -0.214. The van der Waals surface area contributed by atoms with Crippen molar-refractivity contribution in [1.82, 2.24) is 0 Å². The van der Waals surface area contributed by atoms with Crippen LogP contribution in [0.5, 0.6) is 5.75 Å². The minimum Gasteiger partial charge on any atom is -0.489 e. The summed E-state index contributed by atoms with van der Waals surface area (Å²) < 4.78 is 10.6. The van der Waals surface area contributed by atoms with Crippen molar-refractivity contribution in [3.8, 4) is 5.75 Å². The van der Waals surface area contributed by atoms with Crippen LogP contribution in [0.3, 0.4) is 0 Å². The maximum atomic E-state index is 11.2. The fraction of sp³-hybridized carbons (Fsp3) is 0.263. The molecule has 0 fully saturated rings. The quantitative estimate of drug-likeness (QED) is 0.552. The summed E-state index contributed by atoms with van der Waals surface area (Å²) in [5, 5.41) is 0. The van der Waals surface area contributed by atoms with Gasteiger partial charge in [-0.15, -0.1) is 0 Å². The second kappa shape index (κ2) is 9.41. The third kappa shape index (κ3) is 6.34. The first kappa shape index (κ1) is 16.7. The summed E-state index contributed by atoms with van der Waals surface area (Å²) in [5.41, 5.74) is 2.11. The number of esters is 1. The first-order chi connectivity index (χ1) is 11.3. The van der Waals surface area contributed by atoms with Crippen molar-refractivity contribution in [1.29, 1.82) is 0 Å². The third-order valence-electron chi connectivity index (χ3n) is 3.12. The van der Waals surface area contributed by atoms with Crippen LogP contribution in [0.25, 0.3) is 0 Å². The molecule has 0 saturated carbocycles. The van der Waals surface area contributed by atoms with Gasteiger partial charge in [0.2, 0.25) is 0 Å². The molecule has 0 saturated heterocycles. The van der Waals surface area contributed by atoms with E-state index in [1.807, 2.05) is 54.6 Å². The Hall–Kier alpha value is -2.62. The molecular formula is C19H21NO3. The molecular weight excluding hydrogens is 290 g/mol. The highest BCUT2D eigenvalue weighted by Gasteiger charge is 1.99. The van der Waals surface area contributed by atoms with Gasteiger partial charge in [0.15, 0.2) is 0 Å². The summed E-state index contributed by atoms with van der Waals surface area (Å²) in [6.07, 6.45) is 2.06. The van der Waals surface area contributed by atoms with Gasteiger partial charge < -0.3 is 9.47 Å². The van der Waals surface area contributed by atoms with Crippen LogP contribution in [0, 0.1) is 0 Å². The van der Waals surface area contributed by atoms with Gasteiger partial charge in [0, 0.05) is 12.8 Å². The van der Waals surface area contributed by atoms with Crippen molar-refractivity contribution in [3.63, 3.8) is 0 Å². The highest BCUT2D eigenvalue weighted by atomic mass is 16.5. The summed E-state index contributed by atoms with van der Waals surface area (Å²) in [6, 6.07) is 17.7. The van der Waals surface area contributed by atoms with Crippen LogP contribution in [-0.2, 0) is 16.1 Å². The Balaban J connectivity index is 1.76. The number of hydrogen-bond acceptors (Lipinski definition) is 4. The number of benzene rings is 2. The lowest BCUT2D eigenvalue weighted by Gasteiger charge is -2.06. The fourth-order valence-corrected chi connectivity index (χ4v) is 1.95. The molecule has 0 N–H and O–H groups in total. The van der Waals surface area contributed by atoms with Crippen LogP contribution in [0.4, 0.5) is 0 Å². The summed E-state index contributed by atoms with van der Waals surface area (Å²) in [7, 11) is 0. The molecule has 120 valence electrons. The molecule has 0 amide bonds. The van der Waals surface area contributed by atoms with E-state index < -0.39 is 0 Å². The highest BCUT2D eigenvalue weighted by Crippen LogP contribution is 2.13. The molecule has 0 spiro atoms. The van der Waals surface area contributed by atoms with Crippen LogP contribution in [-0.4, -0.2) is 25.3 Å². The molecule has 0 atom stereocenters. The van der Waals surface area contributed by atoms with E-state index in [1.54, 1.807) is 13.1 Å². The number of carbonyl (C=O) groups is 1. The molecule has 0 bridgehead atoms. The summed E-state index contributed by atoms with van der Waals surface area (Å²) in [6.45, 7) is 3.19. The van der Waals surface area contributed by atoms with Crippen LogP contribution in [0.1, 0.15) is 24.5 Å². The van der Waals surface area contributed by atoms with Gasteiger partial charge in [-0.25, -0.2) is 0 Å². The molecule has 0 aliphatic heterocycles. The van der Waals surface area contributed by atoms with Crippen molar-refractivity contribution < 1.29 is 14.3 Å². The molecule has 2 rings (SSSR count). The minimum absolute atomic E-state index is 0.214. The van der Waals surface area contributed by atoms with Crippen molar-refractivity contribution in [2.45, 2.75) is 20.0 Å². The van der Waals surface area contributed by atoms with Gasteiger partial charge in [-0.05, 0) is 42.3 Å². The zero-order chi connectivity index (χ0) is 16.3. The predicted molar refractivity (Wildman–Crippen MR) is 90.9 cm³/mol. The van der Waals surface area contributed by atoms with Crippen molar-refractivity contribution in [2.24, 2.45) is 4.99 Å². The van der Waals surface area contributed by atoms with E-state index in [0.717, 1.165) is 16.9 Å². The molecule has 0 aliphatic carbocycles. The molecule has 0 unspecified atom stereocenters. The lowest BCUT2D eigenvalue weighted by Crippen LogP contribution is -2.05. The first-order valence-electron chi connectivity index (χ1n) is 7.70. The lowest BCUT2D eigenvalue weighted by atomic mass is 10.2. The van der Waals surface area contributed by atoms with Gasteiger partial charge in [0.1, 0.15) is 12.4 Å². The second-order valence-electron chi connectivity index (χ2n) is 4.93. The Morgan fingerprint density at radius 1 is 1.09 bits per heavy atom. The molecule has 0 aromatic heterocycles. The molecule has 0 heterocycles. The van der Waals surface area contributed by atoms with Gasteiger partial charge in [-0.2, -0.15) is 0 Å². The highest BCUT2D eigenvalue weighted by molar-refractivity contribution is 5.80. The maximum absolute atomic E-state index is 11.2. The smallest absolute Gasteiger partial charge is 0.307 e. The largest absolute Gasteiger partial charge is 0.489 e. The Kier molecular flexibility index (Phi) is 6.85. The fourth-order valence-electron chi connectivity index (χ4n) is 1.95. The second-order valence-corrected chi connectivity index (χ2v) is 4.93. The van der Waals surface area contributed by atoms with Crippen molar-refractivity contribution >= 4 is 12.2 Å². The number of aliphatic imine (C=N–C) groups is 1. The topological polar surface area (TPSA) is 47.9 Å². The van der Waals surface area contributed by atoms with Gasteiger partial charge >= 0.3 is 5.97 Å². The van der Waals surface area contributed by atoms with E-state index in [-0.39, 0.29) is 5.97 Å². The number of rotatable bonds is 8. The number of carbonyl (C=O) groups excluding carboxylic acids is 1. The van der Waals surface area contributed by atoms with Crippen LogP contribution >= 0.6 is 0 Å². The van der Waals surface area contributed by atoms with Gasteiger partial charge in [0.25, 0.3) is 0 Å². The summed E-state index contributed by atoms with van der Waals surface area (Å²) >= 11 is 0. The monoisotopic (exact) mass is 311 g/mol. The lowest BCUT2D eigenvalue weighted by molar-refractivity contribution is -0.142. The Bertz CT molecular complexity index is 621. The van der Waals surface area contributed by atoms with Gasteiger partial charge in [-0.1, -0.05) is 30.3 Å². The number of ether oxygens (including phenoxy) is 2. The van der Waals surface area contributed by atoms with E-state index >= 15 is 0 Å². The number of nitrogens with zero attached hydrogens (tertiary/aromatic N) is 1. The molecule has 4 nitrogen and oxygen atoms in total. The molecule has 23 heavy (non-hydrogen) atoms. The normalized spacial score (nSPS) is 10.7. The summed E-state index contributed by atoms with van der Waals surface area (Å²) in [4.78, 5) is 15.4.